The lowest BCUT2D eigenvalue weighted by atomic mass is 10.1. The van der Waals surface area contributed by atoms with Crippen molar-refractivity contribution in [1.82, 2.24) is 25.0 Å². The third-order valence-corrected chi connectivity index (χ3v) is 4.26. The molecule has 1 aromatic carbocycles. The third-order valence-electron chi connectivity index (χ3n) is 4.26. The van der Waals surface area contributed by atoms with E-state index in [-0.39, 0.29) is 18.1 Å². The van der Waals surface area contributed by atoms with Gasteiger partial charge in [-0.1, -0.05) is 0 Å². The predicted octanol–water partition coefficient (Wildman–Crippen LogP) is 1.55. The van der Waals surface area contributed by atoms with Crippen LogP contribution in [0.15, 0.2) is 41.2 Å². The van der Waals surface area contributed by atoms with Crippen molar-refractivity contribution in [3.63, 3.8) is 0 Å². The van der Waals surface area contributed by atoms with Gasteiger partial charge >= 0.3 is 0 Å². The first-order chi connectivity index (χ1) is 13.1. The first-order valence-electron chi connectivity index (χ1n) is 8.57. The van der Waals surface area contributed by atoms with E-state index in [0.29, 0.717) is 11.6 Å². The van der Waals surface area contributed by atoms with E-state index in [0.717, 1.165) is 34.7 Å². The molecule has 1 amide bonds. The van der Waals surface area contributed by atoms with E-state index in [1.807, 2.05) is 12.1 Å². The minimum Gasteiger partial charge on any atom is -0.497 e. The van der Waals surface area contributed by atoms with Crippen LogP contribution in [-0.4, -0.2) is 38.0 Å². The summed E-state index contributed by atoms with van der Waals surface area (Å²) in [6, 6.07) is 10.3. The Kier molecular flexibility index (Phi) is 4.41. The zero-order valence-corrected chi connectivity index (χ0v) is 14.7. The van der Waals surface area contributed by atoms with Crippen LogP contribution in [0.4, 0.5) is 5.95 Å². The Balaban J connectivity index is 1.48. The molecule has 2 N–H and O–H groups in total. The smallest absolute Gasteiger partial charge is 0.267 e. The number of carbonyl (C=O) groups is 1. The van der Waals surface area contributed by atoms with Crippen LogP contribution in [0.5, 0.6) is 5.75 Å². The lowest BCUT2D eigenvalue weighted by Crippen LogP contribution is -2.29. The fraction of sp³-hybridized carbons (Fsp3) is 0.278. The van der Waals surface area contributed by atoms with Gasteiger partial charge in [-0.3, -0.25) is 20.0 Å². The molecule has 138 valence electrons. The lowest BCUT2D eigenvalue weighted by molar-refractivity contribution is -0.117. The normalized spacial score (nSPS) is 13.4. The van der Waals surface area contributed by atoms with E-state index in [1.165, 1.54) is 6.07 Å². The Bertz CT molecular complexity index is 1020. The molecule has 1 saturated carbocycles. The molecule has 2 aromatic heterocycles. The summed E-state index contributed by atoms with van der Waals surface area (Å²) in [7, 11) is 1.59. The van der Waals surface area contributed by atoms with Crippen molar-refractivity contribution in [2.45, 2.75) is 25.3 Å². The zero-order valence-electron chi connectivity index (χ0n) is 14.7. The van der Waals surface area contributed by atoms with Gasteiger partial charge in [0.25, 0.3) is 5.56 Å². The average Bonchev–Trinajstić information content (AvgIpc) is 3.43. The number of ether oxygens (including phenoxy) is 1. The van der Waals surface area contributed by atoms with Gasteiger partial charge in [-0.2, -0.15) is 10.1 Å². The quantitative estimate of drug-likeness (QED) is 0.684. The van der Waals surface area contributed by atoms with Crippen molar-refractivity contribution in [3.8, 4) is 17.0 Å². The van der Waals surface area contributed by atoms with E-state index in [1.54, 1.807) is 25.3 Å². The number of nitrogens with zero attached hydrogens (tertiary/aromatic N) is 4. The molecule has 9 nitrogen and oxygen atoms in total. The predicted molar refractivity (Wildman–Crippen MR) is 97.5 cm³/mol. The molecular weight excluding hydrogens is 348 g/mol. The Morgan fingerprint density at radius 3 is 2.74 bits per heavy atom. The maximum Gasteiger partial charge on any atom is 0.267 e. The second-order valence-corrected chi connectivity index (χ2v) is 6.31. The van der Waals surface area contributed by atoms with Gasteiger partial charge < -0.3 is 4.74 Å². The van der Waals surface area contributed by atoms with E-state index in [2.05, 4.69) is 25.6 Å². The molecule has 27 heavy (non-hydrogen) atoms. The highest BCUT2D eigenvalue weighted by Crippen LogP contribution is 2.38. The molecule has 4 rings (SSSR count). The van der Waals surface area contributed by atoms with Crippen LogP contribution in [0.1, 0.15) is 24.6 Å². The molecule has 3 aromatic rings. The number of anilines is 1. The largest absolute Gasteiger partial charge is 0.497 e. The number of nitrogens with one attached hydrogen (secondary N) is 2. The highest BCUT2D eigenvalue weighted by atomic mass is 16.5. The fourth-order valence-corrected chi connectivity index (χ4v) is 2.65. The van der Waals surface area contributed by atoms with Crippen molar-refractivity contribution in [1.29, 1.82) is 0 Å². The first-order valence-corrected chi connectivity index (χ1v) is 8.57. The van der Waals surface area contributed by atoms with Gasteiger partial charge in [-0.15, -0.1) is 5.10 Å². The number of aromatic nitrogens is 5. The summed E-state index contributed by atoms with van der Waals surface area (Å²) < 4.78 is 6.25. The van der Waals surface area contributed by atoms with Gasteiger partial charge in [-0.05, 0) is 43.2 Å². The van der Waals surface area contributed by atoms with Crippen molar-refractivity contribution < 1.29 is 9.53 Å². The van der Waals surface area contributed by atoms with Crippen LogP contribution in [0.2, 0.25) is 0 Å². The summed E-state index contributed by atoms with van der Waals surface area (Å²) in [6.07, 6.45) is 2.17. The molecule has 1 fully saturated rings. The summed E-state index contributed by atoms with van der Waals surface area (Å²) in [6.45, 7) is -0.226. The van der Waals surface area contributed by atoms with Gasteiger partial charge in [0.15, 0.2) is 0 Å². The van der Waals surface area contributed by atoms with Crippen LogP contribution in [0.25, 0.3) is 11.3 Å². The van der Waals surface area contributed by atoms with Crippen molar-refractivity contribution in [3.05, 3.63) is 52.6 Å². The maximum absolute atomic E-state index is 12.2. The average molecular weight is 366 g/mol. The van der Waals surface area contributed by atoms with Gasteiger partial charge in [0.05, 0.1) is 12.8 Å². The van der Waals surface area contributed by atoms with E-state index < -0.39 is 5.91 Å². The number of aromatic amines is 1. The molecule has 9 heteroatoms. The molecule has 0 radical (unpaired) electrons. The van der Waals surface area contributed by atoms with Gasteiger partial charge in [0.2, 0.25) is 11.9 Å². The fourth-order valence-electron chi connectivity index (χ4n) is 2.65. The number of benzene rings is 1. The number of carbonyl (C=O) groups excluding carboxylic acids is 1. The van der Waals surface area contributed by atoms with Crippen LogP contribution >= 0.6 is 0 Å². The first kappa shape index (κ1) is 17.0. The monoisotopic (exact) mass is 366 g/mol. The van der Waals surface area contributed by atoms with Crippen molar-refractivity contribution in [2.24, 2.45) is 0 Å². The van der Waals surface area contributed by atoms with Crippen molar-refractivity contribution >= 4 is 11.9 Å². The molecule has 0 saturated heterocycles. The summed E-state index contributed by atoms with van der Waals surface area (Å²) in [5.74, 6) is 1.71. The van der Waals surface area contributed by atoms with Gasteiger partial charge in [0.1, 0.15) is 18.1 Å². The van der Waals surface area contributed by atoms with E-state index in [9.17, 15) is 9.59 Å². The van der Waals surface area contributed by atoms with Crippen LogP contribution in [0.3, 0.4) is 0 Å². The number of H-pyrrole nitrogens is 1. The van der Waals surface area contributed by atoms with Crippen molar-refractivity contribution in [2.75, 3.05) is 12.4 Å². The van der Waals surface area contributed by atoms with Crippen LogP contribution in [0, 0.1) is 0 Å². The molecule has 0 unspecified atom stereocenters. The standard InChI is InChI=1S/C18H18N6O3/c1-27-13-6-4-11(5-7-13)14-8-9-16(26)24(23-14)10-15(25)19-18-20-17(21-22-18)12-2-3-12/h4-9,12H,2-3,10H2,1H3,(H2,19,20,21,22,25). The number of rotatable bonds is 6. The molecule has 1 aliphatic rings. The maximum atomic E-state index is 12.2. The Morgan fingerprint density at radius 2 is 2.04 bits per heavy atom. The van der Waals surface area contributed by atoms with Gasteiger partial charge in [-0.25, -0.2) is 4.68 Å². The summed E-state index contributed by atoms with van der Waals surface area (Å²) in [5, 5.41) is 13.7. The minimum absolute atomic E-state index is 0.209. The highest BCUT2D eigenvalue weighted by Gasteiger charge is 2.27. The molecule has 1 aliphatic carbocycles. The summed E-state index contributed by atoms with van der Waals surface area (Å²) in [5.41, 5.74) is 1.03. The molecule has 0 bridgehead atoms. The number of amides is 1. The van der Waals surface area contributed by atoms with Crippen LogP contribution < -0.4 is 15.6 Å². The van der Waals surface area contributed by atoms with E-state index >= 15 is 0 Å². The topological polar surface area (TPSA) is 115 Å². The molecule has 0 atom stereocenters. The Hall–Kier alpha value is -3.49. The third kappa shape index (κ3) is 3.86. The summed E-state index contributed by atoms with van der Waals surface area (Å²) >= 11 is 0. The number of methoxy groups -OCH3 is 1. The lowest BCUT2D eigenvalue weighted by Gasteiger charge is -2.07. The minimum atomic E-state index is -0.419. The second-order valence-electron chi connectivity index (χ2n) is 6.31. The zero-order chi connectivity index (χ0) is 18.8. The Morgan fingerprint density at radius 1 is 1.26 bits per heavy atom. The van der Waals surface area contributed by atoms with Crippen LogP contribution in [-0.2, 0) is 11.3 Å². The number of hydrogen-bond donors (Lipinski definition) is 2. The molecule has 0 aliphatic heterocycles. The van der Waals surface area contributed by atoms with Gasteiger partial charge in [0, 0.05) is 17.5 Å². The highest BCUT2D eigenvalue weighted by molar-refractivity contribution is 5.88. The number of hydrogen-bond acceptors (Lipinski definition) is 6. The second kappa shape index (κ2) is 7.02. The molecular formula is C18H18N6O3. The molecule has 2 heterocycles. The molecule has 0 spiro atoms. The Labute approximate surface area is 154 Å². The SMILES string of the molecule is COc1ccc(-c2ccc(=O)n(CC(=O)Nc3n[nH]c(C4CC4)n3)n2)cc1. The summed E-state index contributed by atoms with van der Waals surface area (Å²) in [4.78, 5) is 28.5. The van der Waals surface area contributed by atoms with E-state index in [4.69, 9.17) is 4.74 Å².